The van der Waals surface area contributed by atoms with Crippen LogP contribution in [0.5, 0.6) is 0 Å². The second kappa shape index (κ2) is 8.18. The molecule has 6 rings (SSSR count). The van der Waals surface area contributed by atoms with Crippen LogP contribution in [0.1, 0.15) is 43.7 Å². The summed E-state index contributed by atoms with van der Waals surface area (Å²) >= 11 is 0. The summed E-state index contributed by atoms with van der Waals surface area (Å²) in [5.74, 6) is -0.256. The van der Waals surface area contributed by atoms with Crippen LogP contribution in [-0.4, -0.2) is 58.6 Å². The third-order valence-corrected chi connectivity index (χ3v) is 7.06. The van der Waals surface area contributed by atoms with Crippen molar-refractivity contribution in [3.63, 3.8) is 0 Å². The number of aryl methyl sites for hydroxylation is 1. The van der Waals surface area contributed by atoms with Crippen molar-refractivity contribution in [2.75, 3.05) is 11.9 Å². The first-order valence-corrected chi connectivity index (χ1v) is 12.9. The van der Waals surface area contributed by atoms with Gasteiger partial charge in [-0.15, -0.1) is 0 Å². The molecule has 0 saturated carbocycles. The number of nitrogens with two attached hydrogens (primary N) is 1. The maximum atomic E-state index is 11.3. The lowest BCUT2D eigenvalue weighted by Gasteiger charge is -2.24. The Morgan fingerprint density at radius 2 is 2.00 bits per heavy atom. The van der Waals surface area contributed by atoms with E-state index < -0.39 is 40.6 Å². The molecule has 13 heteroatoms. The first kappa shape index (κ1) is 22.8. The highest BCUT2D eigenvalue weighted by molar-refractivity contribution is 7.84. The average Bonchev–Trinajstić information content (AvgIpc) is 3.54. The molecule has 3 aliphatic rings. The van der Waals surface area contributed by atoms with Crippen LogP contribution in [0, 0.1) is 0 Å². The Balaban J connectivity index is 1.30. The minimum Gasteiger partial charge on any atom is -0.361 e. The zero-order chi connectivity index (χ0) is 24.4. The van der Waals surface area contributed by atoms with Gasteiger partial charge in [0.05, 0.1) is 19.0 Å². The van der Waals surface area contributed by atoms with Crippen LogP contribution >= 0.6 is 0 Å². The van der Waals surface area contributed by atoms with Crippen LogP contribution in [-0.2, 0) is 35.1 Å². The van der Waals surface area contributed by atoms with E-state index in [-0.39, 0.29) is 12.6 Å². The van der Waals surface area contributed by atoms with E-state index in [1.54, 1.807) is 24.7 Å². The van der Waals surface area contributed by atoms with E-state index in [1.807, 2.05) is 6.07 Å². The molecular weight excluding hydrogens is 476 g/mol. The summed E-state index contributed by atoms with van der Waals surface area (Å²) in [7, 11) is -4.14. The maximum absolute atomic E-state index is 11.3. The summed E-state index contributed by atoms with van der Waals surface area (Å²) in [4.78, 5) is 13.5. The molecular formula is C22H26N6O6S. The molecule has 12 nitrogen and oxygen atoms in total. The molecule has 5 atom stereocenters. The lowest BCUT2D eigenvalue weighted by molar-refractivity contribution is -0.198. The van der Waals surface area contributed by atoms with E-state index in [0.717, 1.165) is 12.8 Å². The number of ether oxygens (including phenoxy) is 3. The van der Waals surface area contributed by atoms with Crippen LogP contribution < -0.4 is 10.5 Å². The normalized spacial score (nSPS) is 29.4. The molecule has 2 saturated heterocycles. The van der Waals surface area contributed by atoms with Gasteiger partial charge in [0, 0.05) is 0 Å². The molecule has 0 unspecified atom stereocenters. The van der Waals surface area contributed by atoms with Gasteiger partial charge < -0.3 is 19.5 Å². The minimum absolute atomic E-state index is 0.133. The molecule has 0 radical (unpaired) electrons. The van der Waals surface area contributed by atoms with Gasteiger partial charge in [-0.2, -0.15) is 8.42 Å². The van der Waals surface area contributed by atoms with E-state index >= 15 is 0 Å². The third kappa shape index (κ3) is 4.17. The smallest absolute Gasteiger partial charge is 0.333 e. The number of fused-ring (bicyclic) bond motifs is 3. The molecule has 1 aliphatic carbocycles. The lowest BCUT2D eigenvalue weighted by atomic mass is 10.1. The molecule has 3 aromatic rings. The Morgan fingerprint density at radius 3 is 2.83 bits per heavy atom. The number of hydrogen-bond donors (Lipinski definition) is 2. The third-order valence-electron chi connectivity index (χ3n) is 6.60. The highest BCUT2D eigenvalue weighted by Crippen LogP contribution is 2.44. The Kier molecular flexibility index (Phi) is 5.32. The zero-order valence-electron chi connectivity index (χ0n) is 19.2. The first-order valence-electron chi connectivity index (χ1n) is 11.4. The van der Waals surface area contributed by atoms with Gasteiger partial charge in [-0.3, -0.25) is 8.75 Å². The zero-order valence-corrected chi connectivity index (χ0v) is 20.0. The highest BCUT2D eigenvalue weighted by atomic mass is 32.2. The highest BCUT2D eigenvalue weighted by Gasteiger charge is 2.56. The molecule has 2 fully saturated rings. The molecule has 1 aromatic carbocycles. The molecule has 0 amide bonds. The van der Waals surface area contributed by atoms with Crippen molar-refractivity contribution in [1.82, 2.24) is 19.5 Å². The summed E-state index contributed by atoms with van der Waals surface area (Å²) < 4.78 is 47.5. The summed E-state index contributed by atoms with van der Waals surface area (Å²) in [5, 5.41) is 8.53. The predicted molar refractivity (Wildman–Crippen MR) is 123 cm³/mol. The molecule has 4 heterocycles. The Hall–Kier alpha value is -2.68. The van der Waals surface area contributed by atoms with Gasteiger partial charge in [0.25, 0.3) is 0 Å². The standard InChI is InChI=1S/C22H26N6O6S/c1-22(2)33-17-15(9-31-35(23,29)30)32-21(18(17)34-22)28-11-26-16-19(24-10-25-20(16)28)27-14-8-7-12-5-3-4-6-13(12)14/h3-6,10-11,14-15,17-18,21H,7-9H2,1-2H3,(H2,23,29,30)(H,24,25,27)/t14-,15+,17+,18+,21+/m0/s1. The number of nitrogens with one attached hydrogen (secondary N) is 1. The summed E-state index contributed by atoms with van der Waals surface area (Å²) in [5.41, 5.74) is 3.75. The van der Waals surface area contributed by atoms with Crippen molar-refractivity contribution in [2.45, 2.75) is 63.1 Å². The van der Waals surface area contributed by atoms with Gasteiger partial charge in [-0.05, 0) is 37.8 Å². The molecule has 3 N–H and O–H groups in total. The van der Waals surface area contributed by atoms with Crippen molar-refractivity contribution in [2.24, 2.45) is 5.14 Å². The van der Waals surface area contributed by atoms with Gasteiger partial charge in [-0.25, -0.2) is 20.1 Å². The quantitative estimate of drug-likeness (QED) is 0.508. The van der Waals surface area contributed by atoms with E-state index in [0.29, 0.717) is 17.0 Å². The fourth-order valence-corrected chi connectivity index (χ4v) is 5.52. The Morgan fingerprint density at radius 1 is 1.20 bits per heavy atom. The summed E-state index contributed by atoms with van der Waals surface area (Å²) in [6.07, 6.45) is 2.57. The Bertz CT molecular complexity index is 1380. The lowest BCUT2D eigenvalue weighted by Crippen LogP contribution is -2.34. The van der Waals surface area contributed by atoms with Crippen molar-refractivity contribution in [3.8, 4) is 0 Å². The van der Waals surface area contributed by atoms with Crippen molar-refractivity contribution < 1.29 is 26.8 Å². The minimum atomic E-state index is -4.14. The SMILES string of the molecule is CC1(C)O[C@@H]2[C@H](O1)[C@@H](COS(N)(=O)=O)O[C@H]2n1cnc2c(N[C@H]3CCc4ccccc43)ncnc21. The van der Waals surface area contributed by atoms with Gasteiger partial charge in [0.15, 0.2) is 29.0 Å². The second-order valence-corrected chi connectivity index (χ2v) is 10.6. The van der Waals surface area contributed by atoms with Gasteiger partial charge in [0.1, 0.15) is 24.6 Å². The van der Waals surface area contributed by atoms with E-state index in [4.69, 9.17) is 23.5 Å². The van der Waals surface area contributed by atoms with Crippen LogP contribution in [0.25, 0.3) is 11.2 Å². The fourth-order valence-electron chi connectivity index (χ4n) is 5.19. The molecule has 0 spiro atoms. The van der Waals surface area contributed by atoms with Gasteiger partial charge in [0.2, 0.25) is 0 Å². The molecule has 2 aliphatic heterocycles. The Labute approximate surface area is 202 Å². The number of imidazole rings is 1. The maximum Gasteiger partial charge on any atom is 0.333 e. The van der Waals surface area contributed by atoms with Crippen molar-refractivity contribution in [1.29, 1.82) is 0 Å². The molecule has 2 aromatic heterocycles. The van der Waals surface area contributed by atoms with E-state index in [9.17, 15) is 8.42 Å². The number of aromatic nitrogens is 4. The predicted octanol–water partition coefficient (Wildman–Crippen LogP) is 1.56. The number of rotatable bonds is 6. The molecule has 35 heavy (non-hydrogen) atoms. The molecule has 186 valence electrons. The second-order valence-electron chi connectivity index (χ2n) is 9.39. The van der Waals surface area contributed by atoms with Gasteiger partial charge in [-0.1, -0.05) is 24.3 Å². The van der Waals surface area contributed by atoms with E-state index in [2.05, 4.69) is 38.5 Å². The summed E-state index contributed by atoms with van der Waals surface area (Å²) in [6.45, 7) is 3.27. The average molecular weight is 503 g/mol. The monoisotopic (exact) mass is 502 g/mol. The van der Waals surface area contributed by atoms with Crippen LogP contribution in [0.2, 0.25) is 0 Å². The number of nitrogens with zero attached hydrogens (tertiary/aromatic N) is 4. The summed E-state index contributed by atoms with van der Waals surface area (Å²) in [6, 6.07) is 8.51. The van der Waals surface area contributed by atoms with Crippen molar-refractivity contribution in [3.05, 3.63) is 48.0 Å². The number of anilines is 1. The largest absolute Gasteiger partial charge is 0.361 e. The van der Waals surface area contributed by atoms with E-state index in [1.165, 1.54) is 17.5 Å². The number of benzene rings is 1. The van der Waals surface area contributed by atoms with Crippen LogP contribution in [0.4, 0.5) is 5.82 Å². The van der Waals surface area contributed by atoms with Gasteiger partial charge >= 0.3 is 10.3 Å². The number of hydrogen-bond acceptors (Lipinski definition) is 10. The van der Waals surface area contributed by atoms with Crippen molar-refractivity contribution >= 4 is 27.3 Å². The molecule has 0 bridgehead atoms. The van der Waals surface area contributed by atoms with Crippen LogP contribution in [0.15, 0.2) is 36.9 Å². The first-order chi connectivity index (χ1) is 16.7. The van der Waals surface area contributed by atoms with Crippen LogP contribution in [0.3, 0.4) is 0 Å². The topological polar surface area (TPSA) is 153 Å². The fraction of sp³-hybridized carbons (Fsp3) is 0.500.